The molecule has 1 aliphatic heterocycles. The molecule has 1 amide bonds. The van der Waals surface area contributed by atoms with Crippen molar-refractivity contribution in [1.82, 2.24) is 10.4 Å². The van der Waals surface area contributed by atoms with Gasteiger partial charge in [0.15, 0.2) is 11.5 Å². The van der Waals surface area contributed by atoms with Crippen LogP contribution in [0.2, 0.25) is 0 Å². The van der Waals surface area contributed by atoms with Crippen molar-refractivity contribution < 1.29 is 23.8 Å². The maximum atomic E-state index is 13.3. The van der Waals surface area contributed by atoms with Crippen LogP contribution < -0.4 is 19.6 Å². The summed E-state index contributed by atoms with van der Waals surface area (Å²) >= 11 is 0. The van der Waals surface area contributed by atoms with Crippen molar-refractivity contribution in [1.29, 1.82) is 0 Å². The Bertz CT molecular complexity index is 1740. The van der Waals surface area contributed by atoms with Crippen LogP contribution in [0.25, 0.3) is 22.0 Å². The Morgan fingerprint density at radius 2 is 1.72 bits per heavy atom. The number of carbonyl (C=O) groups is 2. The molecule has 1 aromatic heterocycles. The van der Waals surface area contributed by atoms with Crippen LogP contribution in [0, 0.1) is 6.92 Å². The zero-order chi connectivity index (χ0) is 26.8. The van der Waals surface area contributed by atoms with E-state index in [1.54, 1.807) is 42.5 Å². The third-order valence-electron chi connectivity index (χ3n) is 6.43. The lowest BCUT2D eigenvalue weighted by Gasteiger charge is -2.08. The lowest BCUT2D eigenvalue weighted by molar-refractivity contribution is 0.0733. The number of aromatic amines is 1. The molecule has 4 aromatic carbocycles. The minimum atomic E-state index is -0.556. The summed E-state index contributed by atoms with van der Waals surface area (Å²) in [6.45, 7) is 2.11. The van der Waals surface area contributed by atoms with E-state index >= 15 is 0 Å². The predicted octanol–water partition coefficient (Wildman–Crippen LogP) is 5.86. The molecule has 8 nitrogen and oxygen atoms in total. The van der Waals surface area contributed by atoms with Crippen LogP contribution in [0.15, 0.2) is 96.1 Å². The van der Waals surface area contributed by atoms with Crippen LogP contribution in [-0.2, 0) is 0 Å². The second kappa shape index (κ2) is 10.2. The van der Waals surface area contributed by atoms with Gasteiger partial charge in [0, 0.05) is 22.0 Å². The lowest BCUT2D eigenvalue weighted by Crippen LogP contribution is -2.19. The van der Waals surface area contributed by atoms with Gasteiger partial charge in [-0.15, -0.1) is 0 Å². The van der Waals surface area contributed by atoms with Crippen molar-refractivity contribution in [2.75, 3.05) is 6.79 Å². The van der Waals surface area contributed by atoms with E-state index in [4.69, 9.17) is 14.2 Å². The van der Waals surface area contributed by atoms with Crippen LogP contribution in [-0.4, -0.2) is 29.9 Å². The monoisotopic (exact) mass is 517 g/mol. The number of H-pyrrole nitrogens is 1. The Labute approximate surface area is 223 Å². The number of rotatable bonds is 6. The minimum Gasteiger partial charge on any atom is -0.454 e. The topological polar surface area (TPSA) is 102 Å². The molecule has 2 N–H and O–H groups in total. The van der Waals surface area contributed by atoms with Gasteiger partial charge in [0.1, 0.15) is 11.4 Å². The maximum Gasteiger partial charge on any atom is 0.343 e. The number of hydrogen-bond donors (Lipinski definition) is 2. The van der Waals surface area contributed by atoms with Gasteiger partial charge in [-0.05, 0) is 48.4 Å². The number of aryl methyl sites for hydroxylation is 1. The summed E-state index contributed by atoms with van der Waals surface area (Å²) in [7, 11) is 0. The summed E-state index contributed by atoms with van der Waals surface area (Å²) < 4.78 is 16.3. The fourth-order valence-electron chi connectivity index (χ4n) is 4.52. The van der Waals surface area contributed by atoms with E-state index in [-0.39, 0.29) is 6.79 Å². The number of hydrazone groups is 1. The minimum absolute atomic E-state index is 0.115. The molecule has 0 radical (unpaired) electrons. The average molecular weight is 518 g/mol. The van der Waals surface area contributed by atoms with Crippen molar-refractivity contribution in [2.24, 2.45) is 5.10 Å². The Morgan fingerprint density at radius 3 is 2.59 bits per heavy atom. The molecule has 0 unspecified atom stereocenters. The zero-order valence-electron chi connectivity index (χ0n) is 20.9. The number of nitrogens with one attached hydrogen (secondary N) is 2. The van der Waals surface area contributed by atoms with Crippen LogP contribution in [0.3, 0.4) is 0 Å². The number of nitrogens with zero attached hydrogens (tertiary/aromatic N) is 1. The number of carbonyl (C=O) groups excluding carboxylic acids is 2. The summed E-state index contributed by atoms with van der Waals surface area (Å²) in [4.78, 5) is 29.3. The van der Waals surface area contributed by atoms with E-state index in [0.29, 0.717) is 34.1 Å². The fraction of sp³-hybridized carbons (Fsp3) is 0.0645. The second-order valence-electron chi connectivity index (χ2n) is 8.93. The highest BCUT2D eigenvalue weighted by Gasteiger charge is 2.20. The highest BCUT2D eigenvalue weighted by molar-refractivity contribution is 6.10. The van der Waals surface area contributed by atoms with E-state index < -0.39 is 11.9 Å². The van der Waals surface area contributed by atoms with Gasteiger partial charge in [-0.25, -0.2) is 10.2 Å². The van der Waals surface area contributed by atoms with E-state index in [2.05, 4.69) is 15.5 Å². The van der Waals surface area contributed by atoms with Gasteiger partial charge in [0.25, 0.3) is 5.91 Å². The van der Waals surface area contributed by atoms with Gasteiger partial charge in [-0.3, -0.25) is 4.79 Å². The maximum absolute atomic E-state index is 13.3. The van der Waals surface area contributed by atoms with Crippen molar-refractivity contribution in [3.63, 3.8) is 0 Å². The first-order valence-corrected chi connectivity index (χ1v) is 12.3. The normalized spacial score (nSPS) is 12.1. The number of fused-ring (bicyclic) bond motifs is 2. The smallest absolute Gasteiger partial charge is 0.343 e. The lowest BCUT2D eigenvalue weighted by atomic mass is 10.0. The van der Waals surface area contributed by atoms with Crippen LogP contribution in [0.4, 0.5) is 0 Å². The molecule has 192 valence electrons. The molecule has 2 heterocycles. The molecule has 8 heteroatoms. The Hall–Kier alpha value is -5.37. The molecule has 5 aromatic rings. The molecule has 0 saturated heterocycles. The molecule has 0 aliphatic carbocycles. The number of ether oxygens (including phenoxy) is 3. The molecule has 0 fully saturated rings. The van der Waals surface area contributed by atoms with E-state index in [1.807, 2.05) is 55.5 Å². The summed E-state index contributed by atoms with van der Waals surface area (Å²) in [5.41, 5.74) is 7.51. The summed E-state index contributed by atoms with van der Waals surface area (Å²) in [5.74, 6) is 0.415. The van der Waals surface area contributed by atoms with Gasteiger partial charge in [0.2, 0.25) is 6.79 Å². The Morgan fingerprint density at radius 1 is 0.923 bits per heavy atom. The largest absolute Gasteiger partial charge is 0.454 e. The van der Waals surface area contributed by atoms with Crippen LogP contribution in [0.1, 0.15) is 32.0 Å². The highest BCUT2D eigenvalue weighted by Crippen LogP contribution is 2.34. The molecule has 39 heavy (non-hydrogen) atoms. The first kappa shape index (κ1) is 24.0. The van der Waals surface area contributed by atoms with Crippen molar-refractivity contribution in [2.45, 2.75) is 6.92 Å². The number of para-hydroxylation sites is 2. The number of amides is 1. The fourth-order valence-corrected chi connectivity index (χ4v) is 4.52. The molecule has 0 spiro atoms. The average Bonchev–Trinajstić information content (AvgIpc) is 3.59. The molecular weight excluding hydrogens is 494 g/mol. The highest BCUT2D eigenvalue weighted by atomic mass is 16.7. The van der Waals surface area contributed by atoms with Gasteiger partial charge in [0.05, 0.1) is 11.8 Å². The predicted molar refractivity (Wildman–Crippen MR) is 147 cm³/mol. The molecule has 0 saturated carbocycles. The number of benzene rings is 4. The standard InChI is InChI=1S/C31H23N3O5/c1-19-8-7-12-23-27(20-9-3-2-4-10-20)29(33-28(19)23)30(35)34-32-17-22-11-5-6-13-24(22)39-31(36)21-14-15-25-26(16-21)38-18-37-25/h2-17,33H,18H2,1H3,(H,34,35). The van der Waals surface area contributed by atoms with Crippen molar-refractivity contribution >= 4 is 29.0 Å². The van der Waals surface area contributed by atoms with Gasteiger partial charge in [-0.2, -0.15) is 5.10 Å². The number of hydrogen-bond acceptors (Lipinski definition) is 6. The molecule has 0 atom stereocenters. The van der Waals surface area contributed by atoms with E-state index in [1.165, 1.54) is 6.21 Å². The number of esters is 1. The van der Waals surface area contributed by atoms with E-state index in [9.17, 15) is 9.59 Å². The summed E-state index contributed by atoms with van der Waals surface area (Å²) in [5, 5.41) is 5.12. The molecule has 1 aliphatic rings. The van der Waals surface area contributed by atoms with Crippen LogP contribution >= 0.6 is 0 Å². The number of aromatic nitrogens is 1. The van der Waals surface area contributed by atoms with Crippen LogP contribution in [0.5, 0.6) is 17.2 Å². The zero-order valence-corrected chi connectivity index (χ0v) is 20.9. The molecule has 0 bridgehead atoms. The van der Waals surface area contributed by atoms with Gasteiger partial charge >= 0.3 is 5.97 Å². The molecular formula is C31H23N3O5. The Kier molecular flexibility index (Phi) is 6.26. The van der Waals surface area contributed by atoms with Crippen molar-refractivity contribution in [3.05, 3.63) is 113 Å². The first-order valence-electron chi connectivity index (χ1n) is 12.3. The SMILES string of the molecule is Cc1cccc2c(-c3ccccc3)c(C(=O)NN=Cc3ccccc3OC(=O)c3ccc4c(c3)OCO4)[nH]c12. The first-order chi connectivity index (χ1) is 19.1. The van der Waals surface area contributed by atoms with Gasteiger partial charge < -0.3 is 19.2 Å². The third-order valence-corrected chi connectivity index (χ3v) is 6.43. The summed E-state index contributed by atoms with van der Waals surface area (Å²) in [6, 6.07) is 27.5. The quantitative estimate of drug-likeness (QED) is 0.127. The summed E-state index contributed by atoms with van der Waals surface area (Å²) in [6.07, 6.45) is 1.44. The Balaban J connectivity index is 1.23. The van der Waals surface area contributed by atoms with E-state index in [0.717, 1.165) is 27.6 Å². The van der Waals surface area contributed by atoms with Crippen molar-refractivity contribution in [3.8, 4) is 28.4 Å². The third kappa shape index (κ3) is 4.71. The molecule has 6 rings (SSSR count). The second-order valence-corrected chi connectivity index (χ2v) is 8.93. The van der Waals surface area contributed by atoms with Gasteiger partial charge in [-0.1, -0.05) is 60.7 Å².